The van der Waals surface area contributed by atoms with Gasteiger partial charge in [0, 0.05) is 4.88 Å². The third-order valence-electron chi connectivity index (χ3n) is 2.68. The van der Waals surface area contributed by atoms with Crippen molar-refractivity contribution in [1.29, 1.82) is 0 Å². The smallest absolute Gasteiger partial charge is 0.00810 e. The Hall–Kier alpha value is -1.12. The molecule has 84 valence electrons. The Bertz CT molecular complexity index is 419. The first-order valence-electron chi connectivity index (χ1n) is 5.69. The van der Waals surface area contributed by atoms with Gasteiger partial charge in [0.2, 0.25) is 0 Å². The number of rotatable bonds is 5. The predicted molar refractivity (Wildman–Crippen MR) is 70.9 cm³/mol. The van der Waals surface area contributed by atoms with Crippen LogP contribution in [-0.2, 0) is 12.8 Å². The van der Waals surface area contributed by atoms with Crippen molar-refractivity contribution >= 4 is 11.3 Å². The third-order valence-corrected chi connectivity index (χ3v) is 3.71. The molecule has 0 amide bonds. The Kier molecular flexibility index (Phi) is 4.14. The van der Waals surface area contributed by atoms with Gasteiger partial charge in [-0.25, -0.2) is 0 Å². The molecule has 0 bridgehead atoms. The Morgan fingerprint density at radius 1 is 1.06 bits per heavy atom. The second-order valence-electron chi connectivity index (χ2n) is 3.92. The van der Waals surface area contributed by atoms with Gasteiger partial charge < -0.3 is 5.73 Å². The summed E-state index contributed by atoms with van der Waals surface area (Å²) in [5.41, 5.74) is 8.40. The SMILES string of the molecule is NCCCc1sccc1Cc1ccccc1. The van der Waals surface area contributed by atoms with Gasteiger partial charge in [-0.05, 0) is 48.4 Å². The van der Waals surface area contributed by atoms with Crippen LogP contribution in [0.5, 0.6) is 0 Å². The Morgan fingerprint density at radius 2 is 1.88 bits per heavy atom. The summed E-state index contributed by atoms with van der Waals surface area (Å²) in [7, 11) is 0. The molecule has 0 spiro atoms. The maximum absolute atomic E-state index is 5.55. The highest BCUT2D eigenvalue weighted by molar-refractivity contribution is 7.10. The summed E-state index contributed by atoms with van der Waals surface area (Å²) < 4.78 is 0. The van der Waals surface area contributed by atoms with Gasteiger partial charge in [0.15, 0.2) is 0 Å². The molecule has 0 fully saturated rings. The summed E-state index contributed by atoms with van der Waals surface area (Å²) in [6.45, 7) is 0.780. The van der Waals surface area contributed by atoms with Crippen LogP contribution in [0.15, 0.2) is 41.8 Å². The quantitative estimate of drug-likeness (QED) is 0.840. The molecule has 0 atom stereocenters. The second kappa shape index (κ2) is 5.83. The molecule has 0 aliphatic rings. The standard InChI is InChI=1S/C14H17NS/c15-9-4-7-14-13(8-10-16-14)11-12-5-2-1-3-6-12/h1-3,5-6,8,10H,4,7,9,11,15H2. The Labute approximate surface area is 101 Å². The average Bonchev–Trinajstić information content (AvgIpc) is 2.75. The maximum atomic E-state index is 5.55. The van der Waals surface area contributed by atoms with Crippen LogP contribution < -0.4 is 5.73 Å². The van der Waals surface area contributed by atoms with Crippen LogP contribution >= 0.6 is 11.3 Å². The van der Waals surface area contributed by atoms with Crippen molar-refractivity contribution in [3.63, 3.8) is 0 Å². The number of nitrogens with two attached hydrogens (primary N) is 1. The monoisotopic (exact) mass is 231 g/mol. The molecule has 2 N–H and O–H groups in total. The van der Waals surface area contributed by atoms with Gasteiger partial charge in [-0.3, -0.25) is 0 Å². The van der Waals surface area contributed by atoms with E-state index in [2.05, 4.69) is 41.8 Å². The van der Waals surface area contributed by atoms with E-state index in [0.29, 0.717) is 0 Å². The molecule has 0 saturated carbocycles. The van der Waals surface area contributed by atoms with Crippen molar-refractivity contribution in [2.24, 2.45) is 5.73 Å². The molecular weight excluding hydrogens is 214 g/mol. The molecule has 1 aromatic heterocycles. The molecule has 2 rings (SSSR count). The van der Waals surface area contributed by atoms with Crippen molar-refractivity contribution in [2.45, 2.75) is 19.3 Å². The van der Waals surface area contributed by atoms with Gasteiger partial charge in [-0.2, -0.15) is 0 Å². The zero-order valence-electron chi connectivity index (χ0n) is 9.36. The topological polar surface area (TPSA) is 26.0 Å². The first-order chi connectivity index (χ1) is 7.90. The van der Waals surface area contributed by atoms with E-state index in [0.717, 1.165) is 25.8 Å². The lowest BCUT2D eigenvalue weighted by atomic mass is 10.0. The van der Waals surface area contributed by atoms with Crippen LogP contribution in [0.4, 0.5) is 0 Å². The molecule has 1 heterocycles. The summed E-state index contributed by atoms with van der Waals surface area (Å²) in [6.07, 6.45) is 3.25. The zero-order valence-corrected chi connectivity index (χ0v) is 10.2. The molecule has 0 radical (unpaired) electrons. The normalized spacial score (nSPS) is 10.6. The lowest BCUT2D eigenvalue weighted by molar-refractivity contribution is 0.836. The van der Waals surface area contributed by atoms with E-state index in [4.69, 9.17) is 5.73 Å². The largest absolute Gasteiger partial charge is 0.330 e. The summed E-state index contributed by atoms with van der Waals surface area (Å²) in [6, 6.07) is 12.9. The van der Waals surface area contributed by atoms with E-state index < -0.39 is 0 Å². The van der Waals surface area contributed by atoms with Crippen molar-refractivity contribution in [3.05, 3.63) is 57.8 Å². The van der Waals surface area contributed by atoms with E-state index in [1.165, 1.54) is 16.0 Å². The summed E-state index contributed by atoms with van der Waals surface area (Å²) >= 11 is 1.85. The second-order valence-corrected chi connectivity index (χ2v) is 4.92. The zero-order chi connectivity index (χ0) is 11.2. The molecule has 2 aromatic rings. The van der Waals surface area contributed by atoms with Crippen molar-refractivity contribution in [1.82, 2.24) is 0 Å². The van der Waals surface area contributed by atoms with Crippen molar-refractivity contribution in [2.75, 3.05) is 6.54 Å². The number of hydrogen-bond donors (Lipinski definition) is 1. The molecule has 1 aromatic carbocycles. The molecule has 0 unspecified atom stereocenters. The highest BCUT2D eigenvalue weighted by Gasteiger charge is 2.04. The number of hydrogen-bond acceptors (Lipinski definition) is 2. The summed E-state index contributed by atoms with van der Waals surface area (Å²) in [5, 5.41) is 2.18. The number of benzene rings is 1. The first-order valence-corrected chi connectivity index (χ1v) is 6.57. The minimum atomic E-state index is 0.780. The van der Waals surface area contributed by atoms with Crippen LogP contribution in [0.3, 0.4) is 0 Å². The van der Waals surface area contributed by atoms with Gasteiger partial charge >= 0.3 is 0 Å². The fourth-order valence-corrected chi connectivity index (χ4v) is 2.77. The molecule has 16 heavy (non-hydrogen) atoms. The minimum Gasteiger partial charge on any atom is -0.330 e. The van der Waals surface area contributed by atoms with Crippen LogP contribution in [0, 0.1) is 0 Å². The van der Waals surface area contributed by atoms with Crippen molar-refractivity contribution in [3.8, 4) is 0 Å². The minimum absolute atomic E-state index is 0.780. The molecular formula is C14H17NS. The molecule has 2 heteroatoms. The Morgan fingerprint density at radius 3 is 2.62 bits per heavy atom. The summed E-state index contributed by atoms with van der Waals surface area (Å²) in [4.78, 5) is 1.49. The fraction of sp³-hybridized carbons (Fsp3) is 0.286. The highest BCUT2D eigenvalue weighted by atomic mass is 32.1. The first kappa shape index (κ1) is 11.4. The summed E-state index contributed by atoms with van der Waals surface area (Å²) in [5.74, 6) is 0. The van der Waals surface area contributed by atoms with Crippen LogP contribution in [0.1, 0.15) is 22.4 Å². The number of aryl methyl sites for hydroxylation is 1. The molecule has 0 saturated heterocycles. The van der Waals surface area contributed by atoms with Crippen LogP contribution in [0.25, 0.3) is 0 Å². The van der Waals surface area contributed by atoms with Crippen molar-refractivity contribution < 1.29 is 0 Å². The lowest BCUT2D eigenvalue weighted by Gasteiger charge is -2.03. The van der Waals surface area contributed by atoms with Crippen LogP contribution in [0.2, 0.25) is 0 Å². The van der Waals surface area contributed by atoms with Gasteiger partial charge in [0.1, 0.15) is 0 Å². The van der Waals surface area contributed by atoms with E-state index in [1.807, 2.05) is 11.3 Å². The molecule has 0 aliphatic heterocycles. The fourth-order valence-electron chi connectivity index (χ4n) is 1.82. The third kappa shape index (κ3) is 2.94. The maximum Gasteiger partial charge on any atom is 0.00810 e. The number of thiophene rings is 1. The van der Waals surface area contributed by atoms with E-state index in [9.17, 15) is 0 Å². The van der Waals surface area contributed by atoms with Gasteiger partial charge in [-0.1, -0.05) is 30.3 Å². The average molecular weight is 231 g/mol. The Balaban J connectivity index is 2.07. The van der Waals surface area contributed by atoms with Gasteiger partial charge in [0.05, 0.1) is 0 Å². The van der Waals surface area contributed by atoms with Crippen LogP contribution in [-0.4, -0.2) is 6.54 Å². The molecule has 1 nitrogen and oxygen atoms in total. The van der Waals surface area contributed by atoms with Gasteiger partial charge in [0.25, 0.3) is 0 Å². The predicted octanol–water partition coefficient (Wildman–Crippen LogP) is 3.23. The highest BCUT2D eigenvalue weighted by Crippen LogP contribution is 2.21. The molecule has 0 aliphatic carbocycles. The van der Waals surface area contributed by atoms with Gasteiger partial charge in [-0.15, -0.1) is 11.3 Å². The van der Waals surface area contributed by atoms with E-state index in [-0.39, 0.29) is 0 Å². The lowest BCUT2D eigenvalue weighted by Crippen LogP contribution is -2.00. The van der Waals surface area contributed by atoms with E-state index >= 15 is 0 Å². The van der Waals surface area contributed by atoms with E-state index in [1.54, 1.807) is 0 Å².